The summed E-state index contributed by atoms with van der Waals surface area (Å²) in [6.07, 6.45) is 0. The molecule has 0 aliphatic rings. The van der Waals surface area contributed by atoms with Crippen molar-refractivity contribution in [3.8, 4) is 0 Å². The number of carbonyl (C=O) groups is 1. The number of hydrogen-bond donors (Lipinski definition) is 1. The van der Waals surface area contributed by atoms with Crippen LogP contribution in [0.25, 0.3) is 0 Å². The molecule has 4 nitrogen and oxygen atoms in total. The molecule has 0 bridgehead atoms. The summed E-state index contributed by atoms with van der Waals surface area (Å²) in [5, 5.41) is 3.05. The molecule has 1 aromatic carbocycles. The number of ether oxygens (including phenoxy) is 1. The molecule has 0 aliphatic carbocycles. The summed E-state index contributed by atoms with van der Waals surface area (Å²) in [5.41, 5.74) is 1.92. The molecular weight excluding hydrogens is 264 g/mol. The van der Waals surface area contributed by atoms with Crippen molar-refractivity contribution >= 4 is 5.91 Å². The Hall–Kier alpha value is -1.39. The Labute approximate surface area is 128 Å². The van der Waals surface area contributed by atoms with E-state index in [4.69, 9.17) is 4.74 Å². The van der Waals surface area contributed by atoms with E-state index in [1.807, 2.05) is 27.9 Å². The molecule has 4 heteroatoms. The monoisotopic (exact) mass is 292 g/mol. The van der Waals surface area contributed by atoms with Gasteiger partial charge in [0.25, 0.3) is 0 Å². The number of methoxy groups -OCH3 is 1. The van der Waals surface area contributed by atoms with Gasteiger partial charge in [0.1, 0.15) is 0 Å². The van der Waals surface area contributed by atoms with Crippen LogP contribution in [0.1, 0.15) is 31.0 Å². The third kappa shape index (κ3) is 5.14. The number of likely N-dealkylation sites (N-methyl/N-ethyl adjacent to an activating group) is 1. The molecule has 0 radical (unpaired) electrons. The lowest BCUT2D eigenvalue weighted by atomic mass is 9.93. The van der Waals surface area contributed by atoms with Gasteiger partial charge in [-0.1, -0.05) is 29.8 Å². The van der Waals surface area contributed by atoms with Gasteiger partial charge in [0.15, 0.2) is 0 Å². The molecule has 1 N–H and O–H groups in total. The topological polar surface area (TPSA) is 41.6 Å². The van der Waals surface area contributed by atoms with Crippen LogP contribution in [0.15, 0.2) is 24.3 Å². The van der Waals surface area contributed by atoms with Crippen LogP contribution in [0, 0.1) is 12.3 Å². The lowest BCUT2D eigenvalue weighted by Gasteiger charge is -2.28. The molecule has 0 unspecified atom stereocenters. The van der Waals surface area contributed by atoms with Gasteiger partial charge in [0.2, 0.25) is 5.91 Å². The second-order valence-corrected chi connectivity index (χ2v) is 6.42. The fraction of sp³-hybridized carbons (Fsp3) is 0.588. The normalized spacial score (nSPS) is 13.3. The largest absolute Gasteiger partial charge is 0.384 e. The number of amides is 1. The maximum absolute atomic E-state index is 12.3. The van der Waals surface area contributed by atoms with Gasteiger partial charge in [-0.3, -0.25) is 4.79 Å². The first-order chi connectivity index (χ1) is 9.77. The Morgan fingerprint density at radius 3 is 2.57 bits per heavy atom. The third-order valence-corrected chi connectivity index (χ3v) is 3.63. The Morgan fingerprint density at radius 1 is 1.38 bits per heavy atom. The summed E-state index contributed by atoms with van der Waals surface area (Å²) in [6, 6.07) is 8.56. The first-order valence-corrected chi connectivity index (χ1v) is 7.28. The first-order valence-electron chi connectivity index (χ1n) is 7.28. The van der Waals surface area contributed by atoms with Gasteiger partial charge in [0, 0.05) is 13.7 Å². The van der Waals surface area contributed by atoms with Crippen LogP contribution < -0.4 is 5.32 Å². The van der Waals surface area contributed by atoms with Crippen molar-refractivity contribution < 1.29 is 9.53 Å². The van der Waals surface area contributed by atoms with Crippen molar-refractivity contribution in [1.29, 1.82) is 0 Å². The van der Waals surface area contributed by atoms with E-state index < -0.39 is 5.41 Å². The van der Waals surface area contributed by atoms with E-state index in [2.05, 4.69) is 41.4 Å². The molecule has 0 aromatic heterocycles. The second-order valence-electron chi connectivity index (χ2n) is 6.42. The molecule has 1 atom stereocenters. The van der Waals surface area contributed by atoms with Crippen LogP contribution in [0.5, 0.6) is 0 Å². The average Bonchev–Trinajstić information content (AvgIpc) is 2.38. The standard InChI is InChI=1S/C17H28N2O2/c1-13-8-7-9-14(10-13)15(19(4)5)11-18-16(20)17(2,3)12-21-6/h7-10,15H,11-12H2,1-6H3,(H,18,20)/t15-/m1/s1. The van der Waals surface area contributed by atoms with Crippen LogP contribution >= 0.6 is 0 Å². The molecule has 0 aliphatic heterocycles. The molecule has 1 aromatic rings. The SMILES string of the molecule is COCC(C)(C)C(=O)NC[C@H](c1cccc(C)c1)N(C)C. The summed E-state index contributed by atoms with van der Waals surface area (Å²) >= 11 is 0. The summed E-state index contributed by atoms with van der Waals surface area (Å²) in [4.78, 5) is 14.4. The van der Waals surface area contributed by atoms with E-state index in [1.54, 1.807) is 7.11 Å². The van der Waals surface area contributed by atoms with Crippen molar-refractivity contribution in [1.82, 2.24) is 10.2 Å². The van der Waals surface area contributed by atoms with Crippen LogP contribution in [0.2, 0.25) is 0 Å². The molecule has 1 rings (SSSR count). The molecule has 0 spiro atoms. The van der Waals surface area contributed by atoms with Gasteiger partial charge < -0.3 is 15.0 Å². The zero-order chi connectivity index (χ0) is 16.0. The Bertz CT molecular complexity index is 470. The van der Waals surface area contributed by atoms with Crippen molar-refractivity contribution in [2.75, 3.05) is 34.4 Å². The molecule has 118 valence electrons. The second kappa shape index (κ2) is 7.57. The predicted molar refractivity (Wildman–Crippen MR) is 86.3 cm³/mol. The van der Waals surface area contributed by atoms with Crippen molar-refractivity contribution in [3.05, 3.63) is 35.4 Å². The van der Waals surface area contributed by atoms with Crippen molar-refractivity contribution in [2.45, 2.75) is 26.8 Å². The number of hydrogen-bond acceptors (Lipinski definition) is 3. The third-order valence-electron chi connectivity index (χ3n) is 3.63. The number of nitrogens with one attached hydrogen (secondary N) is 1. The molecule has 21 heavy (non-hydrogen) atoms. The quantitative estimate of drug-likeness (QED) is 0.839. The van der Waals surface area contributed by atoms with Gasteiger partial charge in [-0.2, -0.15) is 0 Å². The van der Waals surface area contributed by atoms with E-state index in [0.717, 1.165) is 0 Å². The van der Waals surface area contributed by atoms with Crippen LogP contribution in [-0.2, 0) is 9.53 Å². The van der Waals surface area contributed by atoms with Gasteiger partial charge in [0.05, 0.1) is 18.1 Å². The van der Waals surface area contributed by atoms with Crippen molar-refractivity contribution in [3.63, 3.8) is 0 Å². The highest BCUT2D eigenvalue weighted by Crippen LogP contribution is 2.20. The minimum atomic E-state index is -0.516. The average molecular weight is 292 g/mol. The lowest BCUT2D eigenvalue weighted by Crippen LogP contribution is -2.43. The van der Waals surface area contributed by atoms with E-state index >= 15 is 0 Å². The van der Waals surface area contributed by atoms with E-state index in [0.29, 0.717) is 13.2 Å². The molecule has 0 heterocycles. The number of carbonyl (C=O) groups excluding carboxylic acids is 1. The minimum absolute atomic E-state index is 0.0175. The number of nitrogens with zero attached hydrogens (tertiary/aromatic N) is 1. The molecule has 0 saturated carbocycles. The number of benzene rings is 1. The highest BCUT2D eigenvalue weighted by atomic mass is 16.5. The summed E-state index contributed by atoms with van der Waals surface area (Å²) in [6.45, 7) is 6.86. The lowest BCUT2D eigenvalue weighted by molar-refractivity contribution is -0.132. The summed E-state index contributed by atoms with van der Waals surface area (Å²) < 4.78 is 5.11. The van der Waals surface area contributed by atoms with Crippen LogP contribution in [-0.4, -0.2) is 45.2 Å². The maximum Gasteiger partial charge on any atom is 0.228 e. The van der Waals surface area contributed by atoms with E-state index in [1.165, 1.54) is 11.1 Å². The van der Waals surface area contributed by atoms with Gasteiger partial charge in [-0.05, 0) is 40.4 Å². The van der Waals surface area contributed by atoms with Gasteiger partial charge in [-0.15, -0.1) is 0 Å². The zero-order valence-corrected chi connectivity index (χ0v) is 14.1. The Morgan fingerprint density at radius 2 is 2.05 bits per heavy atom. The minimum Gasteiger partial charge on any atom is -0.384 e. The fourth-order valence-corrected chi connectivity index (χ4v) is 2.33. The van der Waals surface area contributed by atoms with Gasteiger partial charge in [-0.25, -0.2) is 0 Å². The molecular formula is C17H28N2O2. The van der Waals surface area contributed by atoms with Crippen LogP contribution in [0.4, 0.5) is 0 Å². The molecule has 0 saturated heterocycles. The zero-order valence-electron chi connectivity index (χ0n) is 14.1. The highest BCUT2D eigenvalue weighted by molar-refractivity contribution is 5.81. The van der Waals surface area contributed by atoms with E-state index in [9.17, 15) is 4.79 Å². The summed E-state index contributed by atoms with van der Waals surface area (Å²) in [7, 11) is 5.67. The smallest absolute Gasteiger partial charge is 0.228 e. The molecule has 1 amide bonds. The number of rotatable bonds is 7. The molecule has 0 fully saturated rings. The fourth-order valence-electron chi connectivity index (χ4n) is 2.33. The maximum atomic E-state index is 12.3. The van der Waals surface area contributed by atoms with E-state index in [-0.39, 0.29) is 11.9 Å². The number of aryl methyl sites for hydroxylation is 1. The Kier molecular flexibility index (Phi) is 6.37. The highest BCUT2D eigenvalue weighted by Gasteiger charge is 2.28. The summed E-state index contributed by atoms with van der Waals surface area (Å²) in [5.74, 6) is 0.0175. The van der Waals surface area contributed by atoms with Crippen LogP contribution in [0.3, 0.4) is 0 Å². The van der Waals surface area contributed by atoms with Crippen molar-refractivity contribution in [2.24, 2.45) is 5.41 Å². The Balaban J connectivity index is 2.75. The predicted octanol–water partition coefficient (Wildman–Crippen LogP) is 2.39. The first kappa shape index (κ1) is 17.7. The van der Waals surface area contributed by atoms with Gasteiger partial charge >= 0.3 is 0 Å².